The van der Waals surface area contributed by atoms with Crippen LogP contribution in [0.15, 0.2) is 126 Å². The van der Waals surface area contributed by atoms with Gasteiger partial charge in [0.25, 0.3) is 0 Å². The number of nitrogens with two attached hydrogens (primary N) is 1. The maximum Gasteiger partial charge on any atom is 0.194 e. The maximum atomic E-state index is 14.2. The Bertz CT molecular complexity index is 2400. The molecule has 6 heteroatoms. The molecule has 2 unspecified atom stereocenters. The van der Waals surface area contributed by atoms with E-state index in [2.05, 4.69) is 96.6 Å². The Morgan fingerprint density at radius 2 is 1.48 bits per heavy atom. The zero-order valence-corrected chi connectivity index (χ0v) is 31.8. The van der Waals surface area contributed by atoms with Crippen molar-refractivity contribution >= 4 is 60.3 Å². The van der Waals surface area contributed by atoms with E-state index in [9.17, 15) is 9.59 Å². The fourth-order valence-electron chi connectivity index (χ4n) is 8.08. The fourth-order valence-corrected chi connectivity index (χ4v) is 8.50. The summed E-state index contributed by atoms with van der Waals surface area (Å²) in [6.07, 6.45) is 3.58. The van der Waals surface area contributed by atoms with E-state index in [1.54, 1.807) is 20.1 Å². The van der Waals surface area contributed by atoms with Crippen LogP contribution in [0.1, 0.15) is 84.6 Å². The molecule has 0 spiro atoms. The van der Waals surface area contributed by atoms with Crippen LogP contribution in [0.25, 0.3) is 27.1 Å². The number of nitrogens with one attached hydrogen (secondary N) is 1. The van der Waals surface area contributed by atoms with Gasteiger partial charge in [-0.1, -0.05) is 107 Å². The van der Waals surface area contributed by atoms with Gasteiger partial charge >= 0.3 is 0 Å². The van der Waals surface area contributed by atoms with E-state index < -0.39 is 5.54 Å². The third-order valence-corrected chi connectivity index (χ3v) is 11.3. The summed E-state index contributed by atoms with van der Waals surface area (Å²) < 4.78 is 6.12. The Morgan fingerprint density at radius 1 is 0.808 bits per heavy atom. The van der Waals surface area contributed by atoms with Gasteiger partial charge < -0.3 is 15.8 Å². The summed E-state index contributed by atoms with van der Waals surface area (Å²) in [6.45, 7) is 8.12. The molecule has 0 amide bonds. The first-order valence-corrected chi connectivity index (χ1v) is 18.5. The molecule has 0 bridgehead atoms. The molecule has 3 N–H and O–H groups in total. The van der Waals surface area contributed by atoms with Gasteiger partial charge in [0.2, 0.25) is 0 Å². The normalized spacial score (nSPS) is 18.6. The van der Waals surface area contributed by atoms with Gasteiger partial charge in [0.1, 0.15) is 11.3 Å². The van der Waals surface area contributed by atoms with Crippen LogP contribution in [-0.2, 0) is 10.3 Å². The molecule has 0 aromatic heterocycles. The van der Waals surface area contributed by atoms with Crippen LogP contribution < -0.4 is 15.8 Å². The van der Waals surface area contributed by atoms with Crippen LogP contribution in [0.2, 0.25) is 0 Å². The van der Waals surface area contributed by atoms with Crippen LogP contribution in [0.4, 0.5) is 5.69 Å². The minimum atomic E-state index is -1.07. The lowest BCUT2D eigenvalue weighted by molar-refractivity contribution is -0.122. The highest BCUT2D eigenvalue weighted by molar-refractivity contribution is 9.10. The number of fused-ring (bicyclic) bond motifs is 6. The quantitative estimate of drug-likeness (QED) is 0.135. The molecule has 0 saturated carbocycles. The molecule has 1 aliphatic heterocycles. The lowest BCUT2D eigenvalue weighted by atomic mass is 9.67. The zero-order chi connectivity index (χ0) is 36.8. The van der Waals surface area contributed by atoms with E-state index in [0.717, 1.165) is 39.1 Å². The number of allylic oxidation sites excluding steroid dienone is 1. The predicted octanol–water partition coefficient (Wildman–Crippen LogP) is 11.0. The summed E-state index contributed by atoms with van der Waals surface area (Å²) in [5.41, 5.74) is 14.0. The van der Waals surface area contributed by atoms with Crippen molar-refractivity contribution in [2.45, 2.75) is 57.5 Å². The molecule has 8 rings (SSSR count). The SMILES string of the molecule is CC1=CC(C)(C)Nc2ccccc21.COc1ccc(Br)c(C(=O)c2cc3c4c(ccc3c3ccccc23)C(N)(C(C)=O)CCC4c2ccccc2)c1. The van der Waals surface area contributed by atoms with Crippen LogP contribution in [0.5, 0.6) is 5.75 Å². The molecule has 0 saturated heterocycles. The second-order valence-corrected chi connectivity index (χ2v) is 15.4. The van der Waals surface area contributed by atoms with Crippen molar-refractivity contribution < 1.29 is 14.3 Å². The van der Waals surface area contributed by atoms with Crippen LogP contribution in [0.3, 0.4) is 0 Å². The zero-order valence-electron chi connectivity index (χ0n) is 30.2. The number of methoxy groups -OCH3 is 1. The topological polar surface area (TPSA) is 81.4 Å². The molecule has 52 heavy (non-hydrogen) atoms. The fraction of sp³-hybridized carbons (Fsp3) is 0.217. The molecular weight excluding hydrogens is 708 g/mol. The van der Waals surface area contributed by atoms with E-state index >= 15 is 0 Å². The van der Waals surface area contributed by atoms with Gasteiger partial charge in [-0.3, -0.25) is 9.59 Å². The summed E-state index contributed by atoms with van der Waals surface area (Å²) >= 11 is 3.57. The van der Waals surface area contributed by atoms with Gasteiger partial charge in [-0.05, 0) is 115 Å². The number of ether oxygens (including phenoxy) is 1. The van der Waals surface area contributed by atoms with E-state index in [0.29, 0.717) is 27.8 Å². The number of anilines is 1. The molecule has 0 fully saturated rings. The Balaban J connectivity index is 0.000000271. The molecule has 1 heterocycles. The van der Waals surface area contributed by atoms with Gasteiger partial charge in [0.05, 0.1) is 12.6 Å². The number of carbonyl (C=O) groups is 2. The first kappa shape index (κ1) is 35.4. The first-order chi connectivity index (χ1) is 24.9. The van der Waals surface area contributed by atoms with Crippen molar-refractivity contribution in [3.05, 3.63) is 159 Å². The highest BCUT2D eigenvalue weighted by Gasteiger charge is 2.42. The third-order valence-electron chi connectivity index (χ3n) is 10.6. The highest BCUT2D eigenvalue weighted by Crippen LogP contribution is 2.48. The van der Waals surface area contributed by atoms with Crippen molar-refractivity contribution in [1.29, 1.82) is 0 Å². The molecule has 5 nitrogen and oxygen atoms in total. The van der Waals surface area contributed by atoms with Crippen LogP contribution in [-0.4, -0.2) is 24.2 Å². The number of hydrogen-bond acceptors (Lipinski definition) is 5. The highest BCUT2D eigenvalue weighted by atomic mass is 79.9. The number of rotatable bonds is 5. The number of hydrogen-bond donors (Lipinski definition) is 2. The number of Topliss-reactive ketones (excluding diaryl/α,β-unsaturated/α-hetero) is 1. The second kappa shape index (κ2) is 13.8. The first-order valence-electron chi connectivity index (χ1n) is 17.7. The van der Waals surface area contributed by atoms with Gasteiger partial charge in [-0.25, -0.2) is 0 Å². The standard InChI is InChI=1S/C34H28BrNO3.C12H15N/c1-20(37)34(36)17-16-23(21-8-4-3-5-9-21)32-27-19-28(33(38)29-18-22(39-2)12-15-31(29)35)25-11-7-6-10-24(25)26(27)13-14-30(32)34;1-9-8-12(2,3)13-11-7-5-4-6-10(9)11/h3-15,18-19,23H,16-17,36H2,1-2H3;4-8,13H,1-3H3. The predicted molar refractivity (Wildman–Crippen MR) is 217 cm³/mol. The average Bonchev–Trinajstić information content (AvgIpc) is 3.14. The maximum absolute atomic E-state index is 14.2. The minimum Gasteiger partial charge on any atom is -0.497 e. The van der Waals surface area contributed by atoms with Gasteiger partial charge in [0.15, 0.2) is 11.6 Å². The smallest absolute Gasteiger partial charge is 0.194 e. The van der Waals surface area contributed by atoms with Crippen molar-refractivity contribution in [2.24, 2.45) is 5.73 Å². The van der Waals surface area contributed by atoms with Gasteiger partial charge in [-0.2, -0.15) is 0 Å². The molecule has 2 aliphatic rings. The molecule has 1 aliphatic carbocycles. The summed E-state index contributed by atoms with van der Waals surface area (Å²) in [4.78, 5) is 27.1. The number of carbonyl (C=O) groups excluding carboxylic acids is 2. The molecule has 6 aromatic carbocycles. The largest absolute Gasteiger partial charge is 0.497 e. The number of halogens is 1. The second-order valence-electron chi connectivity index (χ2n) is 14.5. The Morgan fingerprint density at radius 3 is 2.21 bits per heavy atom. The van der Waals surface area contributed by atoms with Crippen LogP contribution in [0, 0.1) is 0 Å². The van der Waals surface area contributed by atoms with Gasteiger partial charge in [-0.15, -0.1) is 0 Å². The summed E-state index contributed by atoms with van der Waals surface area (Å²) in [5, 5.41) is 7.35. The van der Waals surface area contributed by atoms with E-state index in [4.69, 9.17) is 10.5 Å². The molecular formula is C46H43BrN2O3. The van der Waals surface area contributed by atoms with E-state index in [1.807, 2.05) is 60.7 Å². The summed E-state index contributed by atoms with van der Waals surface area (Å²) in [5.74, 6) is 0.511. The number of para-hydroxylation sites is 1. The van der Waals surface area contributed by atoms with Crippen LogP contribution >= 0.6 is 15.9 Å². The lowest BCUT2D eigenvalue weighted by Gasteiger charge is -2.39. The molecule has 2 atom stereocenters. The lowest BCUT2D eigenvalue weighted by Crippen LogP contribution is -2.47. The summed E-state index contributed by atoms with van der Waals surface area (Å²) in [6, 6.07) is 38.3. The average molecular weight is 752 g/mol. The van der Waals surface area contributed by atoms with Crippen molar-refractivity contribution in [1.82, 2.24) is 0 Å². The summed E-state index contributed by atoms with van der Waals surface area (Å²) in [7, 11) is 1.59. The Labute approximate surface area is 314 Å². The molecule has 0 radical (unpaired) electrons. The van der Waals surface area contributed by atoms with E-state index in [-0.39, 0.29) is 23.0 Å². The monoisotopic (exact) mass is 750 g/mol. The van der Waals surface area contributed by atoms with Crippen molar-refractivity contribution in [3.8, 4) is 5.75 Å². The minimum absolute atomic E-state index is 0.0491. The molecule has 262 valence electrons. The molecule has 6 aromatic rings. The Kier molecular flexibility index (Phi) is 9.41. The number of benzene rings is 6. The van der Waals surface area contributed by atoms with Crippen molar-refractivity contribution in [3.63, 3.8) is 0 Å². The number of ketones is 2. The van der Waals surface area contributed by atoms with E-state index in [1.165, 1.54) is 22.4 Å². The van der Waals surface area contributed by atoms with Gasteiger partial charge in [0, 0.05) is 32.8 Å². The third kappa shape index (κ3) is 6.35. The van der Waals surface area contributed by atoms with Crippen molar-refractivity contribution in [2.75, 3.05) is 12.4 Å². The Hall–Kier alpha value is -5.04.